The lowest BCUT2D eigenvalue weighted by atomic mass is 10.00. The van der Waals surface area contributed by atoms with Crippen LogP contribution >= 0.6 is 0 Å². The number of carbonyl (C=O) groups is 2. The van der Waals surface area contributed by atoms with Gasteiger partial charge in [0.05, 0.1) is 11.7 Å². The van der Waals surface area contributed by atoms with Gasteiger partial charge < -0.3 is 24.6 Å². The summed E-state index contributed by atoms with van der Waals surface area (Å²) in [6.45, 7) is 9.17. The number of hydrogen-bond acceptors (Lipinski definition) is 8. The zero-order chi connectivity index (χ0) is 28.2. The van der Waals surface area contributed by atoms with Crippen LogP contribution in [0.3, 0.4) is 0 Å². The number of benzene rings is 2. The number of nitrogens with one attached hydrogen (secondary N) is 1. The molecular formula is C29H35N5O5. The van der Waals surface area contributed by atoms with E-state index >= 15 is 0 Å². The first-order valence-corrected chi connectivity index (χ1v) is 13.1. The van der Waals surface area contributed by atoms with Crippen LogP contribution < -0.4 is 10.1 Å². The second kappa shape index (κ2) is 14.6. The van der Waals surface area contributed by atoms with E-state index < -0.39 is 0 Å². The molecule has 0 spiro atoms. The van der Waals surface area contributed by atoms with Crippen LogP contribution in [0.1, 0.15) is 50.3 Å². The maximum absolute atomic E-state index is 11.4. The number of nitrogens with zero attached hydrogens (tertiary/aromatic N) is 4. The van der Waals surface area contributed by atoms with Gasteiger partial charge in [-0.3, -0.25) is 9.59 Å². The van der Waals surface area contributed by atoms with Gasteiger partial charge in [0.15, 0.2) is 0 Å². The molecule has 0 saturated carbocycles. The van der Waals surface area contributed by atoms with E-state index in [-0.39, 0.29) is 18.5 Å². The third-order valence-corrected chi connectivity index (χ3v) is 6.29. The number of carboxylic acid groups (broad SMARTS) is 1. The summed E-state index contributed by atoms with van der Waals surface area (Å²) in [7, 11) is 0. The van der Waals surface area contributed by atoms with Gasteiger partial charge in [-0.25, -0.2) is 0 Å². The molecule has 3 aromatic rings. The molecule has 0 bridgehead atoms. The third kappa shape index (κ3) is 8.38. The molecule has 0 radical (unpaired) electrons. The summed E-state index contributed by atoms with van der Waals surface area (Å²) in [4.78, 5) is 26.8. The molecule has 2 heterocycles. The number of rotatable bonds is 9. The van der Waals surface area contributed by atoms with Gasteiger partial charge >= 0.3 is 0 Å². The summed E-state index contributed by atoms with van der Waals surface area (Å²) in [6, 6.07) is 13.9. The van der Waals surface area contributed by atoms with Crippen LogP contribution in [0.4, 0.5) is 0 Å². The van der Waals surface area contributed by atoms with E-state index in [0.29, 0.717) is 35.0 Å². The predicted octanol–water partition coefficient (Wildman–Crippen LogP) is 4.08. The maximum Gasteiger partial charge on any atom is 0.290 e. The van der Waals surface area contributed by atoms with Crippen LogP contribution in [0.15, 0.2) is 40.9 Å². The van der Waals surface area contributed by atoms with Gasteiger partial charge in [-0.05, 0) is 75.0 Å². The van der Waals surface area contributed by atoms with E-state index in [4.69, 9.17) is 19.2 Å². The summed E-state index contributed by atoms with van der Waals surface area (Å²) in [5, 5.41) is 23.6. The zero-order valence-electron chi connectivity index (χ0n) is 22.6. The smallest absolute Gasteiger partial charge is 0.290 e. The fourth-order valence-electron chi connectivity index (χ4n) is 4.35. The molecule has 0 saturated heterocycles. The lowest BCUT2D eigenvalue weighted by Gasteiger charge is -2.19. The number of ether oxygens (including phenoxy) is 1. The Labute approximate surface area is 228 Å². The summed E-state index contributed by atoms with van der Waals surface area (Å²) in [5.74, 6) is 1.55. The first-order chi connectivity index (χ1) is 18.9. The lowest BCUT2D eigenvalue weighted by Crippen LogP contribution is -2.31. The Morgan fingerprint density at radius 2 is 1.92 bits per heavy atom. The Balaban J connectivity index is 0.00000134. The fraction of sp³-hybridized carbons (Fsp3) is 0.414. The molecule has 1 aromatic heterocycles. The van der Waals surface area contributed by atoms with Gasteiger partial charge in [0.2, 0.25) is 11.7 Å². The summed E-state index contributed by atoms with van der Waals surface area (Å²) >= 11 is 0. The minimum Gasteiger partial charge on any atom is -0.490 e. The highest BCUT2D eigenvalue weighted by Crippen LogP contribution is 2.29. The zero-order valence-corrected chi connectivity index (χ0v) is 22.6. The van der Waals surface area contributed by atoms with Crippen LogP contribution in [0.25, 0.3) is 22.8 Å². The minimum atomic E-state index is -0.250. The van der Waals surface area contributed by atoms with Gasteiger partial charge in [-0.15, -0.1) is 0 Å². The summed E-state index contributed by atoms with van der Waals surface area (Å²) in [6.07, 6.45) is 3.42. The highest BCUT2D eigenvalue weighted by atomic mass is 16.5. The van der Waals surface area contributed by atoms with Crippen molar-refractivity contribution in [3.05, 3.63) is 53.1 Å². The van der Waals surface area contributed by atoms with Gasteiger partial charge in [0.25, 0.3) is 12.4 Å². The maximum atomic E-state index is 11.4. The quantitative estimate of drug-likeness (QED) is 0.307. The van der Waals surface area contributed by atoms with Crippen LogP contribution in [0, 0.1) is 11.3 Å². The van der Waals surface area contributed by atoms with Crippen LogP contribution in [0.2, 0.25) is 0 Å². The molecule has 1 aliphatic rings. The normalized spacial score (nSPS) is 12.9. The molecular weight excluding hydrogens is 498 g/mol. The van der Waals surface area contributed by atoms with Gasteiger partial charge in [-0.1, -0.05) is 24.2 Å². The minimum absolute atomic E-state index is 0.0216. The second-order valence-corrected chi connectivity index (χ2v) is 9.40. The molecule has 10 nitrogen and oxygen atoms in total. The van der Waals surface area contributed by atoms with Crippen molar-refractivity contribution in [2.45, 2.75) is 52.6 Å². The first kappa shape index (κ1) is 29.3. The predicted molar refractivity (Wildman–Crippen MR) is 146 cm³/mol. The highest BCUT2D eigenvalue weighted by Gasteiger charge is 2.18. The Bertz CT molecular complexity index is 1300. The van der Waals surface area contributed by atoms with Gasteiger partial charge in [0.1, 0.15) is 11.8 Å². The summed E-state index contributed by atoms with van der Waals surface area (Å²) < 4.78 is 11.2. The van der Waals surface area contributed by atoms with Crippen molar-refractivity contribution in [1.29, 1.82) is 5.26 Å². The molecule has 206 valence electrons. The van der Waals surface area contributed by atoms with E-state index in [9.17, 15) is 10.1 Å². The van der Waals surface area contributed by atoms with Gasteiger partial charge in [-0.2, -0.15) is 10.2 Å². The fourth-order valence-corrected chi connectivity index (χ4v) is 4.35. The number of aromatic nitrogens is 2. The monoisotopic (exact) mass is 533 g/mol. The Kier molecular flexibility index (Phi) is 11.0. The highest BCUT2D eigenvalue weighted by molar-refractivity contribution is 5.75. The number of nitriles is 1. The van der Waals surface area contributed by atoms with Crippen molar-refractivity contribution >= 4 is 12.4 Å². The van der Waals surface area contributed by atoms with Crippen molar-refractivity contribution in [3.63, 3.8) is 0 Å². The molecule has 2 N–H and O–H groups in total. The van der Waals surface area contributed by atoms with Crippen LogP contribution in [-0.2, 0) is 22.4 Å². The molecule has 10 heteroatoms. The van der Waals surface area contributed by atoms with Crippen molar-refractivity contribution in [1.82, 2.24) is 20.4 Å². The second-order valence-electron chi connectivity index (χ2n) is 9.40. The van der Waals surface area contributed by atoms with Crippen LogP contribution in [0.5, 0.6) is 5.75 Å². The SMILES string of the molecule is CCC(=O)NCCCN1CCc2ccc(-c3noc(-c4ccc(OC(C)C)c(C#N)c4)n3)cc2CC1.O=CO. The molecule has 0 aliphatic carbocycles. The van der Waals surface area contributed by atoms with Crippen molar-refractivity contribution < 1.29 is 24.0 Å². The molecule has 0 unspecified atom stereocenters. The number of hydrogen-bond donors (Lipinski definition) is 2. The van der Waals surface area contributed by atoms with Crippen molar-refractivity contribution in [2.24, 2.45) is 0 Å². The van der Waals surface area contributed by atoms with E-state index in [1.807, 2.05) is 32.9 Å². The number of fused-ring (bicyclic) bond motifs is 1. The van der Waals surface area contributed by atoms with E-state index in [0.717, 1.165) is 51.0 Å². The Hall–Kier alpha value is -4.23. The largest absolute Gasteiger partial charge is 0.490 e. The average molecular weight is 534 g/mol. The molecule has 1 amide bonds. The molecule has 4 rings (SSSR count). The molecule has 39 heavy (non-hydrogen) atoms. The van der Waals surface area contributed by atoms with E-state index in [1.165, 1.54) is 11.1 Å². The molecule has 0 fully saturated rings. The molecule has 0 atom stereocenters. The van der Waals surface area contributed by atoms with Crippen LogP contribution in [-0.4, -0.2) is 64.8 Å². The average Bonchev–Trinajstić information content (AvgIpc) is 3.34. The van der Waals surface area contributed by atoms with Gasteiger partial charge in [0, 0.05) is 37.2 Å². The van der Waals surface area contributed by atoms with E-state index in [2.05, 4.69) is 38.6 Å². The molecule has 2 aromatic carbocycles. The Morgan fingerprint density at radius 1 is 1.21 bits per heavy atom. The number of amides is 1. The standard InChI is InChI=1S/C28H33N5O3.CH2O2/c1-4-26(34)30-12-5-13-33-14-10-20-6-7-22(16-21(20)11-15-33)27-31-28(36-32-27)23-8-9-25(35-19(2)3)24(17-23)18-29;2-1-3/h6-9,16-17,19H,4-5,10-15H2,1-3H3,(H,30,34);1H,(H,2,3). The first-order valence-electron chi connectivity index (χ1n) is 13.1. The molecule has 1 aliphatic heterocycles. The lowest BCUT2D eigenvalue weighted by molar-refractivity contribution is -0.123. The Morgan fingerprint density at radius 3 is 2.62 bits per heavy atom. The topological polar surface area (TPSA) is 142 Å². The third-order valence-electron chi connectivity index (χ3n) is 6.29. The van der Waals surface area contributed by atoms with Crippen molar-refractivity contribution in [2.75, 3.05) is 26.2 Å². The summed E-state index contributed by atoms with van der Waals surface area (Å²) in [5.41, 5.74) is 4.69. The van der Waals surface area contributed by atoms with E-state index in [1.54, 1.807) is 12.1 Å². The van der Waals surface area contributed by atoms with Crippen molar-refractivity contribution in [3.8, 4) is 34.7 Å². The number of carbonyl (C=O) groups excluding carboxylic acids is 1.